The standard InChI is InChI=1S/C21H20ClN7OS2/c1-13-11-14(2)29(27-13)20-25-26-21(28(20)23)31-12-19(30)24-17-5-3-4-6-18(17)32-16-9-7-15(22)8-10-16/h3-11H,12,23H2,1-2H3,(H,24,30). The van der Waals surface area contributed by atoms with Gasteiger partial charge in [-0.2, -0.15) is 5.10 Å². The first-order valence-electron chi connectivity index (χ1n) is 9.60. The maximum Gasteiger partial charge on any atom is 0.271 e. The minimum Gasteiger partial charge on any atom is -0.334 e. The van der Waals surface area contributed by atoms with Gasteiger partial charge in [0, 0.05) is 20.5 Å². The van der Waals surface area contributed by atoms with Gasteiger partial charge in [-0.3, -0.25) is 4.79 Å². The van der Waals surface area contributed by atoms with Crippen LogP contribution in [0.4, 0.5) is 5.69 Å². The molecule has 0 saturated heterocycles. The Morgan fingerprint density at radius 2 is 1.88 bits per heavy atom. The molecule has 0 aliphatic rings. The fourth-order valence-electron chi connectivity index (χ4n) is 2.95. The number of nitrogens with zero attached hydrogens (tertiary/aromatic N) is 5. The van der Waals surface area contributed by atoms with E-state index in [0.717, 1.165) is 26.9 Å². The number of halogens is 1. The van der Waals surface area contributed by atoms with Crippen molar-refractivity contribution in [3.8, 4) is 5.95 Å². The molecular weight excluding hydrogens is 466 g/mol. The molecule has 0 saturated carbocycles. The summed E-state index contributed by atoms with van der Waals surface area (Å²) in [6, 6.07) is 17.1. The second-order valence-electron chi connectivity index (χ2n) is 6.88. The van der Waals surface area contributed by atoms with Gasteiger partial charge >= 0.3 is 0 Å². The molecule has 0 radical (unpaired) electrons. The van der Waals surface area contributed by atoms with Crippen molar-refractivity contribution in [2.24, 2.45) is 0 Å². The Bertz CT molecular complexity index is 1250. The summed E-state index contributed by atoms with van der Waals surface area (Å²) in [5, 5.41) is 16.6. The largest absolute Gasteiger partial charge is 0.334 e. The van der Waals surface area contributed by atoms with E-state index >= 15 is 0 Å². The van der Waals surface area contributed by atoms with Crippen molar-refractivity contribution in [3.05, 3.63) is 71.0 Å². The van der Waals surface area contributed by atoms with Crippen LogP contribution in [0.25, 0.3) is 5.95 Å². The lowest BCUT2D eigenvalue weighted by molar-refractivity contribution is -0.113. The number of para-hydroxylation sites is 1. The number of nitrogens with one attached hydrogen (secondary N) is 1. The number of hydrogen-bond donors (Lipinski definition) is 2. The average molecular weight is 486 g/mol. The lowest BCUT2D eigenvalue weighted by Crippen LogP contribution is -2.19. The number of benzene rings is 2. The maximum absolute atomic E-state index is 12.6. The topological polar surface area (TPSA) is 104 Å². The van der Waals surface area contributed by atoms with Gasteiger partial charge in [-0.05, 0) is 56.3 Å². The average Bonchev–Trinajstić information content (AvgIpc) is 3.30. The monoisotopic (exact) mass is 485 g/mol. The number of carbonyl (C=O) groups is 1. The summed E-state index contributed by atoms with van der Waals surface area (Å²) in [7, 11) is 0. The van der Waals surface area contributed by atoms with Crippen molar-refractivity contribution >= 4 is 46.7 Å². The van der Waals surface area contributed by atoms with Gasteiger partial charge in [-0.15, -0.1) is 10.2 Å². The molecule has 2 aromatic carbocycles. The molecule has 2 aromatic heterocycles. The van der Waals surface area contributed by atoms with E-state index in [2.05, 4.69) is 20.6 Å². The van der Waals surface area contributed by atoms with Crippen molar-refractivity contribution < 1.29 is 4.79 Å². The number of thioether (sulfide) groups is 1. The van der Waals surface area contributed by atoms with Crippen molar-refractivity contribution in [3.63, 3.8) is 0 Å². The molecule has 4 aromatic rings. The molecule has 1 amide bonds. The maximum atomic E-state index is 12.6. The molecular formula is C21H20ClN7OS2. The van der Waals surface area contributed by atoms with Gasteiger partial charge in [0.2, 0.25) is 11.1 Å². The molecule has 11 heteroatoms. The first-order valence-corrected chi connectivity index (χ1v) is 11.8. The van der Waals surface area contributed by atoms with E-state index in [1.54, 1.807) is 16.4 Å². The Hall–Kier alpha value is -2.95. The summed E-state index contributed by atoms with van der Waals surface area (Å²) in [6.45, 7) is 3.80. The van der Waals surface area contributed by atoms with Crippen LogP contribution in [-0.2, 0) is 4.79 Å². The molecule has 0 atom stereocenters. The number of rotatable bonds is 7. The number of hydrogen-bond acceptors (Lipinski definition) is 7. The summed E-state index contributed by atoms with van der Waals surface area (Å²) >= 11 is 8.72. The van der Waals surface area contributed by atoms with Crippen LogP contribution in [-0.4, -0.2) is 36.3 Å². The van der Waals surface area contributed by atoms with Crippen LogP contribution in [0.2, 0.25) is 5.02 Å². The quantitative estimate of drug-likeness (QED) is 0.296. The third kappa shape index (κ3) is 5.09. The molecule has 0 unspecified atom stereocenters. The van der Waals surface area contributed by atoms with Crippen LogP contribution in [0.3, 0.4) is 0 Å². The Morgan fingerprint density at radius 3 is 2.59 bits per heavy atom. The van der Waals surface area contributed by atoms with Crippen molar-refractivity contribution in [2.75, 3.05) is 16.9 Å². The van der Waals surface area contributed by atoms with Crippen molar-refractivity contribution in [2.45, 2.75) is 28.8 Å². The Morgan fingerprint density at radius 1 is 1.12 bits per heavy atom. The van der Waals surface area contributed by atoms with E-state index in [1.807, 2.05) is 68.4 Å². The molecule has 0 aliphatic carbocycles. The second-order valence-corrected chi connectivity index (χ2v) is 9.37. The number of amides is 1. The van der Waals surface area contributed by atoms with Gasteiger partial charge in [-0.1, -0.05) is 47.3 Å². The van der Waals surface area contributed by atoms with Crippen LogP contribution in [0.15, 0.2) is 69.5 Å². The third-order valence-electron chi connectivity index (χ3n) is 4.38. The zero-order valence-electron chi connectivity index (χ0n) is 17.3. The van der Waals surface area contributed by atoms with Gasteiger partial charge in [-0.25, -0.2) is 9.36 Å². The van der Waals surface area contributed by atoms with Crippen LogP contribution in [0.5, 0.6) is 0 Å². The number of nitrogen functional groups attached to an aromatic ring is 1. The van der Waals surface area contributed by atoms with Gasteiger partial charge in [0.1, 0.15) is 0 Å². The summed E-state index contributed by atoms with van der Waals surface area (Å²) in [4.78, 5) is 14.6. The molecule has 4 rings (SSSR count). The van der Waals surface area contributed by atoms with Crippen LogP contribution < -0.4 is 11.2 Å². The number of aryl methyl sites for hydroxylation is 2. The highest BCUT2D eigenvalue weighted by Gasteiger charge is 2.16. The minimum atomic E-state index is -0.171. The highest BCUT2D eigenvalue weighted by Crippen LogP contribution is 2.34. The zero-order valence-corrected chi connectivity index (χ0v) is 19.7. The molecule has 0 fully saturated rings. The van der Waals surface area contributed by atoms with Crippen LogP contribution in [0, 0.1) is 13.8 Å². The van der Waals surface area contributed by atoms with Crippen molar-refractivity contribution in [1.82, 2.24) is 24.7 Å². The molecule has 0 aliphatic heterocycles. The molecule has 32 heavy (non-hydrogen) atoms. The number of carbonyl (C=O) groups excluding carboxylic acids is 1. The molecule has 2 heterocycles. The second kappa shape index (κ2) is 9.68. The smallest absolute Gasteiger partial charge is 0.271 e. The molecule has 164 valence electrons. The molecule has 0 spiro atoms. The fraction of sp³-hybridized carbons (Fsp3) is 0.143. The molecule has 8 nitrogen and oxygen atoms in total. The summed E-state index contributed by atoms with van der Waals surface area (Å²) < 4.78 is 2.96. The van der Waals surface area contributed by atoms with E-state index in [4.69, 9.17) is 17.4 Å². The van der Waals surface area contributed by atoms with Crippen LogP contribution in [0.1, 0.15) is 11.4 Å². The van der Waals surface area contributed by atoms with Crippen molar-refractivity contribution in [1.29, 1.82) is 0 Å². The third-order valence-corrected chi connectivity index (χ3v) is 6.66. The highest BCUT2D eigenvalue weighted by atomic mass is 35.5. The minimum absolute atomic E-state index is 0.131. The predicted octanol–water partition coefficient (Wildman–Crippen LogP) is 4.33. The van der Waals surface area contributed by atoms with Gasteiger partial charge in [0.15, 0.2) is 0 Å². The SMILES string of the molecule is Cc1cc(C)n(-c2nnc(SCC(=O)Nc3ccccc3Sc3ccc(Cl)cc3)n2N)n1. The summed E-state index contributed by atoms with van der Waals surface area (Å²) in [5.41, 5.74) is 2.48. The summed E-state index contributed by atoms with van der Waals surface area (Å²) in [5.74, 6) is 6.49. The van der Waals surface area contributed by atoms with Gasteiger partial charge in [0.05, 0.1) is 17.1 Å². The van der Waals surface area contributed by atoms with E-state index in [-0.39, 0.29) is 11.7 Å². The van der Waals surface area contributed by atoms with E-state index in [1.165, 1.54) is 16.4 Å². The molecule has 3 N–H and O–H groups in total. The van der Waals surface area contributed by atoms with Crippen LogP contribution >= 0.6 is 35.1 Å². The fourth-order valence-corrected chi connectivity index (χ4v) is 4.63. The Kier molecular flexibility index (Phi) is 6.73. The number of aromatic nitrogens is 5. The van der Waals surface area contributed by atoms with E-state index in [9.17, 15) is 4.79 Å². The van der Waals surface area contributed by atoms with E-state index in [0.29, 0.717) is 16.1 Å². The summed E-state index contributed by atoms with van der Waals surface area (Å²) in [6.07, 6.45) is 0. The molecule has 0 bridgehead atoms. The Balaban J connectivity index is 1.41. The lowest BCUT2D eigenvalue weighted by Gasteiger charge is -2.11. The van der Waals surface area contributed by atoms with Gasteiger partial charge in [0.25, 0.3) is 5.95 Å². The number of nitrogens with two attached hydrogens (primary N) is 1. The first-order chi connectivity index (χ1) is 15.4. The Labute approximate surface area is 198 Å². The van der Waals surface area contributed by atoms with E-state index < -0.39 is 0 Å². The lowest BCUT2D eigenvalue weighted by atomic mass is 10.3. The highest BCUT2D eigenvalue weighted by molar-refractivity contribution is 8.00. The normalized spacial score (nSPS) is 11.0. The number of anilines is 1. The zero-order chi connectivity index (χ0) is 22.7. The first kappa shape index (κ1) is 22.3. The predicted molar refractivity (Wildman–Crippen MR) is 128 cm³/mol. The van der Waals surface area contributed by atoms with Gasteiger partial charge < -0.3 is 11.2 Å².